The highest BCUT2D eigenvalue weighted by molar-refractivity contribution is 5.01. The summed E-state index contributed by atoms with van der Waals surface area (Å²) in [5.74, 6) is 0.963. The molecule has 2 nitrogen and oxygen atoms in total. The predicted octanol–water partition coefficient (Wildman–Crippen LogP) is 0.690. The Morgan fingerprint density at radius 1 is 1.45 bits per heavy atom. The zero-order valence-corrected chi connectivity index (χ0v) is 7.56. The van der Waals surface area contributed by atoms with Crippen LogP contribution in [-0.4, -0.2) is 37.1 Å². The first-order valence-corrected chi connectivity index (χ1v) is 4.64. The fourth-order valence-corrected chi connectivity index (χ4v) is 2.22. The molecule has 1 aliphatic carbocycles. The van der Waals surface area contributed by atoms with E-state index in [1.54, 1.807) is 0 Å². The van der Waals surface area contributed by atoms with Crippen molar-refractivity contribution in [2.75, 3.05) is 26.7 Å². The minimum Gasteiger partial charge on any atom is -0.309 e. The molecule has 2 fully saturated rings. The molecule has 0 aromatic rings. The highest BCUT2D eigenvalue weighted by atomic mass is 15.2. The molecule has 1 atom stereocenters. The normalized spacial score (nSPS) is 40.9. The summed E-state index contributed by atoms with van der Waals surface area (Å²) in [6.07, 6.45) is 2.88. The Bertz CT molecular complexity index is 154. The lowest BCUT2D eigenvalue weighted by Crippen LogP contribution is -2.58. The lowest BCUT2D eigenvalue weighted by Gasteiger charge is -2.40. The minimum absolute atomic E-state index is 0.438. The van der Waals surface area contributed by atoms with Crippen molar-refractivity contribution in [1.29, 1.82) is 0 Å². The largest absolute Gasteiger partial charge is 0.309 e. The molecular formula is C9H18N2. The van der Waals surface area contributed by atoms with Gasteiger partial charge in [0.05, 0.1) is 0 Å². The number of likely N-dealkylation sites (N-methyl/N-ethyl adjacent to an activating group) is 1. The van der Waals surface area contributed by atoms with E-state index in [-0.39, 0.29) is 0 Å². The van der Waals surface area contributed by atoms with Crippen LogP contribution in [0.3, 0.4) is 0 Å². The number of piperazine rings is 1. The van der Waals surface area contributed by atoms with E-state index < -0.39 is 0 Å². The van der Waals surface area contributed by atoms with Crippen molar-refractivity contribution in [3.8, 4) is 0 Å². The quantitative estimate of drug-likeness (QED) is 0.598. The Morgan fingerprint density at radius 2 is 2.18 bits per heavy atom. The van der Waals surface area contributed by atoms with Crippen molar-refractivity contribution in [2.45, 2.75) is 25.3 Å². The van der Waals surface area contributed by atoms with Gasteiger partial charge in [0.2, 0.25) is 0 Å². The van der Waals surface area contributed by atoms with Crippen molar-refractivity contribution in [3.63, 3.8) is 0 Å². The number of hydrogen-bond acceptors (Lipinski definition) is 2. The third-order valence-electron chi connectivity index (χ3n) is 3.10. The van der Waals surface area contributed by atoms with Gasteiger partial charge in [-0.25, -0.2) is 0 Å². The zero-order chi connectivity index (χ0) is 7.90. The number of rotatable bonds is 1. The number of nitrogens with zero attached hydrogens (tertiary/aromatic N) is 1. The zero-order valence-electron chi connectivity index (χ0n) is 7.56. The van der Waals surface area contributed by atoms with Crippen molar-refractivity contribution in [2.24, 2.45) is 5.92 Å². The van der Waals surface area contributed by atoms with Gasteiger partial charge in [-0.3, -0.25) is 0 Å². The maximum atomic E-state index is 3.65. The third-order valence-corrected chi connectivity index (χ3v) is 3.10. The van der Waals surface area contributed by atoms with E-state index in [2.05, 4.69) is 24.2 Å². The highest BCUT2D eigenvalue weighted by Gasteiger charge is 2.42. The summed E-state index contributed by atoms with van der Waals surface area (Å²) in [7, 11) is 2.22. The molecule has 2 rings (SSSR count). The molecule has 2 heteroatoms. The molecule has 2 aliphatic rings. The van der Waals surface area contributed by atoms with Crippen LogP contribution in [0.25, 0.3) is 0 Å². The van der Waals surface area contributed by atoms with E-state index in [1.807, 2.05) is 0 Å². The van der Waals surface area contributed by atoms with Crippen molar-refractivity contribution >= 4 is 0 Å². The average molecular weight is 154 g/mol. The standard InChI is InChI=1S/C9H18N2/c1-9(8-3-4-8)7-11(2)6-5-10-9/h8,10H,3-7H2,1-2H3. The van der Waals surface area contributed by atoms with E-state index in [0.717, 1.165) is 5.92 Å². The Hall–Kier alpha value is -0.0800. The van der Waals surface area contributed by atoms with Crippen molar-refractivity contribution in [1.82, 2.24) is 10.2 Å². The molecule has 1 heterocycles. The van der Waals surface area contributed by atoms with Crippen LogP contribution in [-0.2, 0) is 0 Å². The lowest BCUT2D eigenvalue weighted by molar-refractivity contribution is 0.152. The van der Waals surface area contributed by atoms with E-state index in [0.29, 0.717) is 5.54 Å². The van der Waals surface area contributed by atoms with Crippen LogP contribution < -0.4 is 5.32 Å². The van der Waals surface area contributed by atoms with Gasteiger partial charge in [-0.2, -0.15) is 0 Å². The summed E-state index contributed by atoms with van der Waals surface area (Å²) in [5.41, 5.74) is 0.438. The van der Waals surface area contributed by atoms with Crippen LogP contribution in [0, 0.1) is 5.92 Å². The fraction of sp³-hybridized carbons (Fsp3) is 1.00. The van der Waals surface area contributed by atoms with Gasteiger partial charge in [0.15, 0.2) is 0 Å². The molecular weight excluding hydrogens is 136 g/mol. The molecule has 0 bridgehead atoms. The van der Waals surface area contributed by atoms with Gasteiger partial charge >= 0.3 is 0 Å². The molecule has 1 saturated carbocycles. The third kappa shape index (κ3) is 1.42. The van der Waals surface area contributed by atoms with Crippen LogP contribution in [0.1, 0.15) is 19.8 Å². The van der Waals surface area contributed by atoms with E-state index in [9.17, 15) is 0 Å². The molecule has 0 aromatic carbocycles. The molecule has 1 unspecified atom stereocenters. The summed E-state index contributed by atoms with van der Waals surface area (Å²) < 4.78 is 0. The summed E-state index contributed by atoms with van der Waals surface area (Å²) in [5, 5.41) is 3.65. The fourth-order valence-electron chi connectivity index (χ4n) is 2.22. The van der Waals surface area contributed by atoms with Crippen molar-refractivity contribution in [3.05, 3.63) is 0 Å². The molecule has 0 amide bonds. The van der Waals surface area contributed by atoms with Gasteiger partial charge in [-0.05, 0) is 32.7 Å². The average Bonchev–Trinajstić information content (AvgIpc) is 2.66. The Labute approximate surface area is 69.0 Å². The summed E-state index contributed by atoms with van der Waals surface area (Å²) in [6, 6.07) is 0. The second kappa shape index (κ2) is 2.46. The first-order valence-electron chi connectivity index (χ1n) is 4.64. The molecule has 11 heavy (non-hydrogen) atoms. The lowest BCUT2D eigenvalue weighted by atomic mass is 9.93. The van der Waals surface area contributed by atoms with Crippen LogP contribution in [0.5, 0.6) is 0 Å². The van der Waals surface area contributed by atoms with Gasteiger partial charge in [-0.15, -0.1) is 0 Å². The van der Waals surface area contributed by atoms with Crippen LogP contribution in [0.15, 0.2) is 0 Å². The van der Waals surface area contributed by atoms with E-state index in [4.69, 9.17) is 0 Å². The molecule has 1 N–H and O–H groups in total. The van der Waals surface area contributed by atoms with E-state index in [1.165, 1.54) is 32.5 Å². The molecule has 0 aromatic heterocycles. The Morgan fingerprint density at radius 3 is 2.73 bits per heavy atom. The topological polar surface area (TPSA) is 15.3 Å². The first-order chi connectivity index (χ1) is 5.21. The maximum Gasteiger partial charge on any atom is 0.0309 e. The highest BCUT2D eigenvalue weighted by Crippen LogP contribution is 2.40. The first kappa shape index (κ1) is 7.56. The number of hydrogen-bond donors (Lipinski definition) is 1. The molecule has 0 spiro atoms. The summed E-state index contributed by atoms with van der Waals surface area (Å²) >= 11 is 0. The predicted molar refractivity (Wildman–Crippen MR) is 46.6 cm³/mol. The van der Waals surface area contributed by atoms with Crippen LogP contribution in [0.4, 0.5) is 0 Å². The van der Waals surface area contributed by atoms with E-state index >= 15 is 0 Å². The smallest absolute Gasteiger partial charge is 0.0309 e. The second-order valence-corrected chi connectivity index (χ2v) is 4.36. The SMILES string of the molecule is CN1CCNC(C)(C2CC2)C1. The van der Waals surface area contributed by atoms with Crippen molar-refractivity contribution < 1.29 is 0 Å². The second-order valence-electron chi connectivity index (χ2n) is 4.36. The van der Waals surface area contributed by atoms with Gasteiger partial charge in [0, 0.05) is 25.2 Å². The minimum atomic E-state index is 0.438. The Balaban J connectivity index is 1.99. The summed E-state index contributed by atoms with van der Waals surface area (Å²) in [6.45, 7) is 5.99. The monoisotopic (exact) mass is 154 g/mol. The van der Waals surface area contributed by atoms with Crippen LogP contribution in [0.2, 0.25) is 0 Å². The maximum absolute atomic E-state index is 3.65. The van der Waals surface area contributed by atoms with Gasteiger partial charge < -0.3 is 10.2 Å². The van der Waals surface area contributed by atoms with Crippen LogP contribution >= 0.6 is 0 Å². The van der Waals surface area contributed by atoms with Gasteiger partial charge in [0.25, 0.3) is 0 Å². The molecule has 1 aliphatic heterocycles. The Kier molecular flexibility index (Phi) is 1.69. The molecule has 1 saturated heterocycles. The van der Waals surface area contributed by atoms with Gasteiger partial charge in [0.1, 0.15) is 0 Å². The van der Waals surface area contributed by atoms with Gasteiger partial charge in [-0.1, -0.05) is 0 Å². The summed E-state index contributed by atoms with van der Waals surface area (Å²) in [4.78, 5) is 2.44. The molecule has 0 radical (unpaired) electrons. The molecule has 64 valence electrons. The number of nitrogens with one attached hydrogen (secondary N) is 1.